The molecule has 7 heteroatoms. The van der Waals surface area contributed by atoms with Crippen molar-refractivity contribution in [3.05, 3.63) is 47.8 Å². The Morgan fingerprint density at radius 1 is 1.54 bits per heavy atom. The predicted octanol–water partition coefficient (Wildman–Crippen LogP) is 2.03. The summed E-state index contributed by atoms with van der Waals surface area (Å²) in [6.45, 7) is 3.10. The number of benzene rings is 1. The van der Waals surface area contributed by atoms with Crippen molar-refractivity contribution in [2.75, 3.05) is 18.1 Å². The summed E-state index contributed by atoms with van der Waals surface area (Å²) in [6, 6.07) is 5.23. The molecule has 24 heavy (non-hydrogen) atoms. The molecule has 2 aromatic rings. The van der Waals surface area contributed by atoms with Crippen molar-refractivity contribution in [3.8, 4) is 5.69 Å². The minimum Gasteiger partial charge on any atom is -0.352 e. The first-order chi connectivity index (χ1) is 11.6. The zero-order valence-electron chi connectivity index (χ0n) is 13.6. The number of rotatable bonds is 5. The molecule has 1 aliphatic rings. The van der Waals surface area contributed by atoms with E-state index in [0.29, 0.717) is 18.7 Å². The summed E-state index contributed by atoms with van der Waals surface area (Å²) in [7, 11) is 0. The van der Waals surface area contributed by atoms with E-state index in [1.54, 1.807) is 23.0 Å². The van der Waals surface area contributed by atoms with E-state index in [1.165, 1.54) is 6.07 Å². The molecule has 1 saturated heterocycles. The first kappa shape index (κ1) is 17.0. The van der Waals surface area contributed by atoms with Crippen LogP contribution in [0.3, 0.4) is 0 Å². The Kier molecular flexibility index (Phi) is 5.52. The lowest BCUT2D eigenvalue weighted by atomic mass is 10.1. The maximum atomic E-state index is 14.3. The summed E-state index contributed by atoms with van der Waals surface area (Å²) in [4.78, 5) is 16.1. The summed E-state index contributed by atoms with van der Waals surface area (Å²) < 4.78 is 16.0. The minimum absolute atomic E-state index is 0.00932. The van der Waals surface area contributed by atoms with Crippen LogP contribution in [0.2, 0.25) is 0 Å². The van der Waals surface area contributed by atoms with E-state index in [1.807, 2.05) is 24.8 Å². The van der Waals surface area contributed by atoms with Gasteiger partial charge in [0.25, 0.3) is 0 Å². The number of thioether (sulfide) groups is 1. The largest absolute Gasteiger partial charge is 0.352 e. The molecule has 1 aromatic heterocycles. The van der Waals surface area contributed by atoms with Gasteiger partial charge in [0.2, 0.25) is 5.91 Å². The zero-order valence-corrected chi connectivity index (χ0v) is 14.4. The summed E-state index contributed by atoms with van der Waals surface area (Å²) in [5.74, 6) is 2.45. The van der Waals surface area contributed by atoms with E-state index in [-0.39, 0.29) is 17.8 Å². The van der Waals surface area contributed by atoms with Crippen LogP contribution in [0.15, 0.2) is 30.6 Å². The van der Waals surface area contributed by atoms with Gasteiger partial charge in [-0.2, -0.15) is 11.8 Å². The third-order valence-electron chi connectivity index (χ3n) is 4.02. The summed E-state index contributed by atoms with van der Waals surface area (Å²) in [5.41, 5.74) is 1.21. The lowest BCUT2D eigenvalue weighted by molar-refractivity contribution is -0.121. The molecule has 2 N–H and O–H groups in total. The standard InChI is InChI=1S/C17H21FN4OS/c1-12-19-4-6-22(12)16-3-2-13(8-15(16)18)10-21-17(23)9-14-11-24-7-5-20-14/h2-4,6,8,14,20H,5,7,9-11H2,1H3,(H,21,23). The highest BCUT2D eigenvalue weighted by atomic mass is 32.2. The van der Waals surface area contributed by atoms with Gasteiger partial charge in [-0.05, 0) is 24.6 Å². The molecule has 1 amide bonds. The van der Waals surface area contributed by atoms with E-state index >= 15 is 0 Å². The number of nitrogens with one attached hydrogen (secondary N) is 2. The number of hydrogen-bond acceptors (Lipinski definition) is 4. The Labute approximate surface area is 145 Å². The number of imidazole rings is 1. The number of halogens is 1. The van der Waals surface area contributed by atoms with Gasteiger partial charge in [-0.3, -0.25) is 4.79 Å². The van der Waals surface area contributed by atoms with Gasteiger partial charge in [-0.15, -0.1) is 0 Å². The SMILES string of the molecule is Cc1nccn1-c1ccc(CNC(=O)CC2CSCCN2)cc1F. The molecule has 5 nitrogen and oxygen atoms in total. The Bertz CT molecular complexity index is 712. The van der Waals surface area contributed by atoms with Crippen molar-refractivity contribution >= 4 is 17.7 Å². The van der Waals surface area contributed by atoms with Gasteiger partial charge >= 0.3 is 0 Å². The highest BCUT2D eigenvalue weighted by Gasteiger charge is 2.16. The second-order valence-corrected chi connectivity index (χ2v) is 6.99. The second kappa shape index (κ2) is 7.81. The van der Waals surface area contributed by atoms with Gasteiger partial charge in [0.1, 0.15) is 11.6 Å². The lowest BCUT2D eigenvalue weighted by Gasteiger charge is -2.22. The van der Waals surface area contributed by atoms with Crippen molar-refractivity contribution in [3.63, 3.8) is 0 Å². The van der Waals surface area contributed by atoms with E-state index < -0.39 is 0 Å². The molecule has 0 aliphatic carbocycles. The second-order valence-electron chi connectivity index (χ2n) is 5.84. The van der Waals surface area contributed by atoms with Crippen LogP contribution in [0.25, 0.3) is 5.69 Å². The van der Waals surface area contributed by atoms with Gasteiger partial charge in [0.05, 0.1) is 5.69 Å². The van der Waals surface area contributed by atoms with Crippen LogP contribution in [0, 0.1) is 12.7 Å². The van der Waals surface area contributed by atoms with Crippen molar-refractivity contribution in [2.45, 2.75) is 25.9 Å². The highest BCUT2D eigenvalue weighted by Crippen LogP contribution is 2.17. The minimum atomic E-state index is -0.326. The van der Waals surface area contributed by atoms with Crippen LogP contribution in [-0.4, -0.2) is 39.6 Å². The van der Waals surface area contributed by atoms with Crippen LogP contribution >= 0.6 is 11.8 Å². The Morgan fingerprint density at radius 3 is 3.08 bits per heavy atom. The molecule has 0 spiro atoms. The number of aryl methyl sites for hydroxylation is 1. The van der Waals surface area contributed by atoms with Gasteiger partial charge < -0.3 is 15.2 Å². The molecule has 128 valence electrons. The van der Waals surface area contributed by atoms with Crippen LogP contribution in [0.5, 0.6) is 0 Å². The van der Waals surface area contributed by atoms with Crippen molar-refractivity contribution < 1.29 is 9.18 Å². The van der Waals surface area contributed by atoms with Crippen LogP contribution < -0.4 is 10.6 Å². The number of amides is 1. The van der Waals surface area contributed by atoms with Crippen LogP contribution in [0.4, 0.5) is 4.39 Å². The van der Waals surface area contributed by atoms with Crippen LogP contribution in [-0.2, 0) is 11.3 Å². The molecular weight excluding hydrogens is 327 g/mol. The van der Waals surface area contributed by atoms with Crippen molar-refractivity contribution in [1.82, 2.24) is 20.2 Å². The fraction of sp³-hybridized carbons (Fsp3) is 0.412. The Hall–Kier alpha value is -1.86. The molecular formula is C17H21FN4OS. The predicted molar refractivity (Wildman–Crippen MR) is 93.8 cm³/mol. The number of hydrogen-bond donors (Lipinski definition) is 2. The van der Waals surface area contributed by atoms with E-state index in [0.717, 1.165) is 29.4 Å². The van der Waals surface area contributed by atoms with Gasteiger partial charge in [-0.1, -0.05) is 6.07 Å². The molecule has 0 radical (unpaired) electrons. The Balaban J connectivity index is 1.57. The number of aromatic nitrogens is 2. The molecule has 0 saturated carbocycles. The lowest BCUT2D eigenvalue weighted by Crippen LogP contribution is -2.41. The molecule has 3 rings (SSSR count). The van der Waals surface area contributed by atoms with Crippen LogP contribution in [0.1, 0.15) is 17.8 Å². The monoisotopic (exact) mass is 348 g/mol. The third kappa shape index (κ3) is 4.15. The normalized spacial score (nSPS) is 17.7. The van der Waals surface area contributed by atoms with E-state index in [9.17, 15) is 9.18 Å². The van der Waals surface area contributed by atoms with Crippen molar-refractivity contribution in [2.24, 2.45) is 0 Å². The molecule has 1 aliphatic heterocycles. The van der Waals surface area contributed by atoms with Crippen molar-refractivity contribution in [1.29, 1.82) is 0 Å². The summed E-state index contributed by atoms with van der Waals surface area (Å²) >= 11 is 1.86. The van der Waals surface area contributed by atoms with Gasteiger partial charge in [-0.25, -0.2) is 9.37 Å². The first-order valence-electron chi connectivity index (χ1n) is 8.00. The third-order valence-corrected chi connectivity index (χ3v) is 5.15. The molecule has 1 atom stereocenters. The average molecular weight is 348 g/mol. The molecule has 2 heterocycles. The van der Waals surface area contributed by atoms with Gasteiger partial charge in [0.15, 0.2) is 0 Å². The van der Waals surface area contributed by atoms with E-state index in [4.69, 9.17) is 0 Å². The smallest absolute Gasteiger partial charge is 0.221 e. The average Bonchev–Trinajstić information content (AvgIpc) is 3.00. The number of carbonyl (C=O) groups excluding carboxylic acids is 1. The molecule has 1 fully saturated rings. The topological polar surface area (TPSA) is 59.0 Å². The number of nitrogens with zero attached hydrogens (tertiary/aromatic N) is 2. The summed E-state index contributed by atoms with van der Waals surface area (Å²) in [5, 5.41) is 6.20. The quantitative estimate of drug-likeness (QED) is 0.868. The highest BCUT2D eigenvalue weighted by molar-refractivity contribution is 7.99. The molecule has 0 bridgehead atoms. The molecule has 1 unspecified atom stereocenters. The Morgan fingerprint density at radius 2 is 2.42 bits per heavy atom. The number of carbonyl (C=O) groups is 1. The van der Waals surface area contributed by atoms with E-state index in [2.05, 4.69) is 15.6 Å². The fourth-order valence-corrected chi connectivity index (χ4v) is 3.68. The molecule has 1 aromatic carbocycles. The first-order valence-corrected chi connectivity index (χ1v) is 9.15. The zero-order chi connectivity index (χ0) is 16.9. The fourth-order valence-electron chi connectivity index (χ4n) is 2.74. The maximum Gasteiger partial charge on any atom is 0.221 e. The van der Waals surface area contributed by atoms with Gasteiger partial charge in [0, 0.05) is 49.5 Å². The maximum absolute atomic E-state index is 14.3. The summed E-state index contributed by atoms with van der Waals surface area (Å²) in [6.07, 6.45) is 3.83.